The number of likely N-dealkylation sites (tertiary alicyclic amines) is 1. The molecule has 0 aliphatic carbocycles. The Kier molecular flexibility index (Phi) is 5.57. The van der Waals surface area contributed by atoms with Crippen molar-refractivity contribution < 1.29 is 4.79 Å². The van der Waals surface area contributed by atoms with Crippen molar-refractivity contribution in [1.82, 2.24) is 4.90 Å². The number of nitriles is 1. The van der Waals surface area contributed by atoms with Gasteiger partial charge in [0.2, 0.25) is 5.91 Å². The van der Waals surface area contributed by atoms with Gasteiger partial charge in [-0.1, -0.05) is 0 Å². The van der Waals surface area contributed by atoms with Crippen LogP contribution < -0.4 is 0 Å². The van der Waals surface area contributed by atoms with Crippen molar-refractivity contribution in [3.05, 3.63) is 0 Å². The molecule has 1 heterocycles. The molecule has 0 spiro atoms. The fourth-order valence-electron chi connectivity index (χ4n) is 1.15. The summed E-state index contributed by atoms with van der Waals surface area (Å²) in [5.74, 6) is -0.0139. The molecule has 0 unspecified atom stereocenters. The molecule has 0 saturated carbocycles. The van der Waals surface area contributed by atoms with Crippen LogP contribution >= 0.6 is 0 Å². The molecule has 1 amide bonds. The Bertz CT molecular complexity index is 170. The molecule has 11 heavy (non-hydrogen) atoms. The van der Waals surface area contributed by atoms with Crippen molar-refractivity contribution in [3.63, 3.8) is 0 Å². The third-order valence-corrected chi connectivity index (χ3v) is 1.69. The van der Waals surface area contributed by atoms with Crippen LogP contribution in [0.15, 0.2) is 0 Å². The summed E-state index contributed by atoms with van der Waals surface area (Å²) in [6, 6.07) is 1.85. The van der Waals surface area contributed by atoms with Gasteiger partial charge < -0.3 is 4.90 Å². The number of hydrogen-bond acceptors (Lipinski definition) is 2. The summed E-state index contributed by atoms with van der Waals surface area (Å²) >= 11 is 0. The average Bonchev–Trinajstić information content (AvgIpc) is 2.38. The minimum atomic E-state index is -0.0139. The fourth-order valence-corrected chi connectivity index (χ4v) is 1.15. The van der Waals surface area contributed by atoms with E-state index in [1.165, 1.54) is 0 Å². The van der Waals surface area contributed by atoms with E-state index in [-0.39, 0.29) is 41.9 Å². The Hall–Kier alpha value is -0.0400. The summed E-state index contributed by atoms with van der Waals surface area (Å²) < 4.78 is 0. The zero-order valence-electron chi connectivity index (χ0n) is 6.84. The first-order valence-corrected chi connectivity index (χ1v) is 3.49. The summed E-state index contributed by atoms with van der Waals surface area (Å²) in [6.07, 6.45) is 2.23. The second-order valence-electron chi connectivity index (χ2n) is 2.42. The van der Waals surface area contributed by atoms with Gasteiger partial charge >= 0.3 is 0 Å². The Morgan fingerprint density at radius 3 is 2.45 bits per heavy atom. The van der Waals surface area contributed by atoms with E-state index in [4.69, 9.17) is 5.26 Å². The fraction of sp³-hybridized carbons (Fsp3) is 0.714. The normalized spacial score (nSPS) is 15.4. The topological polar surface area (TPSA) is 44.1 Å². The van der Waals surface area contributed by atoms with Crippen molar-refractivity contribution in [2.75, 3.05) is 13.1 Å². The maximum Gasteiger partial charge on any atom is 0.236 e. The first-order valence-electron chi connectivity index (χ1n) is 3.49. The third-order valence-electron chi connectivity index (χ3n) is 1.69. The molecule has 0 bridgehead atoms. The maximum absolute atomic E-state index is 10.9. The predicted octanol–water partition coefficient (Wildman–Crippen LogP) is 0.142. The van der Waals surface area contributed by atoms with E-state index in [2.05, 4.69) is 0 Å². The van der Waals surface area contributed by atoms with Crippen LogP contribution in [-0.2, 0) is 4.79 Å². The van der Waals surface area contributed by atoms with Gasteiger partial charge in [-0.25, -0.2) is 0 Å². The minimum Gasteiger partial charge on any atom is -0.342 e. The summed E-state index contributed by atoms with van der Waals surface area (Å²) in [5, 5.41) is 8.20. The van der Waals surface area contributed by atoms with Crippen LogP contribution in [0.5, 0.6) is 0 Å². The van der Waals surface area contributed by atoms with E-state index < -0.39 is 0 Å². The molecule has 1 aliphatic heterocycles. The zero-order valence-corrected chi connectivity index (χ0v) is 8.84. The van der Waals surface area contributed by atoms with E-state index >= 15 is 0 Å². The predicted molar refractivity (Wildman–Crippen MR) is 41.8 cm³/mol. The molecule has 3 nitrogen and oxygen atoms in total. The number of amides is 1. The van der Waals surface area contributed by atoms with Crippen LogP contribution in [0.25, 0.3) is 0 Å². The first-order chi connectivity index (χ1) is 4.84. The average molecular weight is 161 g/mol. The van der Waals surface area contributed by atoms with Gasteiger partial charge in [-0.2, -0.15) is 5.26 Å². The summed E-state index contributed by atoms with van der Waals surface area (Å²) in [4.78, 5) is 12.7. The summed E-state index contributed by atoms with van der Waals surface area (Å²) in [6.45, 7) is 1.70. The van der Waals surface area contributed by atoms with Crippen molar-refractivity contribution in [2.45, 2.75) is 19.3 Å². The van der Waals surface area contributed by atoms with Gasteiger partial charge in [-0.05, 0) is 12.8 Å². The van der Waals surface area contributed by atoms with Gasteiger partial charge in [0.15, 0.2) is 0 Å². The number of nitrogens with zero attached hydrogens (tertiary/aromatic N) is 2. The Morgan fingerprint density at radius 1 is 1.45 bits per heavy atom. The van der Waals surface area contributed by atoms with Crippen LogP contribution in [0.3, 0.4) is 0 Å². The Labute approximate surface area is 88.7 Å². The second-order valence-corrected chi connectivity index (χ2v) is 2.42. The molecule has 0 N–H and O–H groups in total. The van der Waals surface area contributed by atoms with Gasteiger partial charge in [0.1, 0.15) is 6.42 Å². The van der Waals surface area contributed by atoms with E-state index in [1.807, 2.05) is 6.07 Å². The standard InChI is InChI=1S/C7H10N2O.Na/c8-4-3-7(10)9-5-1-2-6-9;/h1-3,5-6H2;. The Balaban J connectivity index is 0.000001000. The molecule has 0 aromatic heterocycles. The molecule has 0 atom stereocenters. The number of rotatable bonds is 1. The van der Waals surface area contributed by atoms with Gasteiger partial charge in [0, 0.05) is 42.6 Å². The van der Waals surface area contributed by atoms with Crippen molar-refractivity contribution in [3.8, 4) is 6.07 Å². The quantitative estimate of drug-likeness (QED) is 0.513. The van der Waals surface area contributed by atoms with Gasteiger partial charge in [-0.3, -0.25) is 4.79 Å². The molecular weight excluding hydrogens is 151 g/mol. The van der Waals surface area contributed by atoms with Crippen LogP contribution in [0.4, 0.5) is 0 Å². The maximum atomic E-state index is 10.9. The second kappa shape index (κ2) is 5.59. The molecule has 0 aromatic carbocycles. The van der Waals surface area contributed by atoms with E-state index in [0.717, 1.165) is 25.9 Å². The van der Waals surface area contributed by atoms with Gasteiger partial charge in [0.05, 0.1) is 6.07 Å². The van der Waals surface area contributed by atoms with Gasteiger partial charge in [0.25, 0.3) is 0 Å². The third kappa shape index (κ3) is 3.24. The molecule has 4 heteroatoms. The van der Waals surface area contributed by atoms with Crippen LogP contribution in [-0.4, -0.2) is 53.5 Å². The van der Waals surface area contributed by atoms with Crippen LogP contribution in [0.2, 0.25) is 0 Å². The zero-order chi connectivity index (χ0) is 7.40. The molecule has 55 valence electrons. The first kappa shape index (κ1) is 11.0. The van der Waals surface area contributed by atoms with Gasteiger partial charge in [-0.15, -0.1) is 0 Å². The smallest absolute Gasteiger partial charge is 0.236 e. The van der Waals surface area contributed by atoms with Crippen molar-refractivity contribution >= 4 is 35.5 Å². The monoisotopic (exact) mass is 161 g/mol. The van der Waals surface area contributed by atoms with E-state index in [1.54, 1.807) is 4.90 Å². The number of carbonyl (C=O) groups excluding carboxylic acids is 1. The molecule has 1 radical (unpaired) electrons. The largest absolute Gasteiger partial charge is 0.342 e. The van der Waals surface area contributed by atoms with Crippen LogP contribution in [0.1, 0.15) is 19.3 Å². The molecule has 1 rings (SSSR count). The molecule has 1 fully saturated rings. The van der Waals surface area contributed by atoms with E-state index in [0.29, 0.717) is 0 Å². The molecule has 0 aromatic rings. The van der Waals surface area contributed by atoms with Crippen LogP contribution in [0, 0.1) is 11.3 Å². The molecular formula is C7H10N2NaO. The van der Waals surface area contributed by atoms with Crippen molar-refractivity contribution in [1.29, 1.82) is 5.26 Å². The molecule has 1 saturated heterocycles. The number of carbonyl (C=O) groups is 1. The summed E-state index contributed by atoms with van der Waals surface area (Å²) in [7, 11) is 0. The van der Waals surface area contributed by atoms with E-state index in [9.17, 15) is 4.79 Å². The molecule has 1 aliphatic rings. The SMILES string of the molecule is N#CCC(=O)N1CCCC1.[Na]. The minimum absolute atomic E-state index is 0. The Morgan fingerprint density at radius 2 is 2.00 bits per heavy atom. The van der Waals surface area contributed by atoms with Crippen molar-refractivity contribution in [2.24, 2.45) is 0 Å². The summed E-state index contributed by atoms with van der Waals surface area (Å²) in [5.41, 5.74) is 0. The number of hydrogen-bond donors (Lipinski definition) is 0.